The van der Waals surface area contributed by atoms with Crippen LogP contribution in [0.15, 0.2) is 81.4 Å². The summed E-state index contributed by atoms with van der Waals surface area (Å²) >= 11 is 4.38. The number of carboxylic acid groups (broad SMARTS) is 4. The molecule has 4 aliphatic rings. The van der Waals surface area contributed by atoms with Crippen molar-refractivity contribution < 1.29 is 181 Å². The van der Waals surface area contributed by atoms with E-state index in [4.69, 9.17) is 19.7 Å². The number of amides is 4. The number of carbonyl (C=O) groups excluding carboxylic acids is 6. The Kier molecular flexibility index (Phi) is 21.7. The average molecular weight is 1150 g/mol. The van der Waals surface area contributed by atoms with E-state index in [9.17, 15) is 58.8 Å². The summed E-state index contributed by atoms with van der Waals surface area (Å²) in [6.45, 7) is -0.944. The number of phenols is 2. The maximum absolute atomic E-state index is 13.2. The fourth-order valence-electron chi connectivity index (χ4n) is 7.61. The number of phenolic OH excluding ortho intramolecular Hbond substituents is 2. The van der Waals surface area contributed by atoms with Crippen LogP contribution in [0.25, 0.3) is 0 Å². The number of carbonyl (C=O) groups is 8. The number of fused-ring (bicyclic) bond motifs is 2. The van der Waals surface area contributed by atoms with Crippen molar-refractivity contribution in [2.45, 2.75) is 58.4 Å². The fraction of sp³-hybridized carbons (Fsp3) is 0.350. The third-order valence-corrected chi connectivity index (χ3v) is 15.7. The van der Waals surface area contributed by atoms with E-state index >= 15 is 0 Å². The van der Waals surface area contributed by atoms with Crippen molar-refractivity contribution in [2.75, 3.05) is 37.2 Å². The fourth-order valence-corrected chi connectivity index (χ4v) is 12.5. The Bertz CT molecular complexity index is 2740. The number of carboxylic acids is 4. The van der Waals surface area contributed by atoms with E-state index in [1.165, 1.54) is 49.9 Å². The molecule has 2 unspecified atom stereocenters. The largest absolute Gasteiger partial charge is 1.00 e. The smallest absolute Gasteiger partial charge is 0.543 e. The summed E-state index contributed by atoms with van der Waals surface area (Å²) in [5.74, 6) is -7.98. The van der Waals surface area contributed by atoms with Gasteiger partial charge in [-0.3, -0.25) is 38.6 Å². The molecule has 4 amide bonds. The van der Waals surface area contributed by atoms with E-state index in [-0.39, 0.29) is 172 Å². The van der Waals surface area contributed by atoms with Crippen LogP contribution in [-0.2, 0) is 73.8 Å². The van der Waals surface area contributed by atoms with E-state index in [1.54, 1.807) is 36.4 Å². The molecule has 34 heteroatoms. The molecule has 6 N–H and O–H groups in total. The van der Waals surface area contributed by atoms with Gasteiger partial charge in [-0.25, -0.2) is 9.36 Å². The molecular weight excluding hydrogens is 1110 g/mol. The summed E-state index contributed by atoms with van der Waals surface area (Å²) in [6.07, 6.45) is -0.447. The Morgan fingerprint density at radius 2 is 1.04 bits per heavy atom. The molecule has 8 rings (SSSR count). The van der Waals surface area contributed by atoms with Gasteiger partial charge in [0.05, 0.1) is 36.2 Å². The van der Waals surface area contributed by atoms with Gasteiger partial charge in [-0.2, -0.15) is 0 Å². The second-order valence-corrected chi connectivity index (χ2v) is 19.4. The summed E-state index contributed by atoms with van der Waals surface area (Å²) in [6, 6.07) is 12.5. The number of methoxy groups -OCH3 is 2. The number of nitrogens with zero attached hydrogens (tertiary/aromatic N) is 10. The monoisotopic (exact) mass is 1150 g/mol. The first kappa shape index (κ1) is 60.9. The molecule has 2 saturated heterocycles. The number of aromatic nitrogens is 8. The van der Waals surface area contributed by atoms with Crippen molar-refractivity contribution in [3.63, 3.8) is 0 Å². The molecule has 0 saturated carbocycles. The zero-order valence-corrected chi connectivity index (χ0v) is 48.7. The Hall–Kier alpha value is -3.99. The summed E-state index contributed by atoms with van der Waals surface area (Å²) in [5.41, 5.74) is -2.92. The van der Waals surface area contributed by atoms with Crippen LogP contribution in [0.3, 0.4) is 0 Å². The normalized spacial score (nSPS) is 20.5. The molecule has 28 nitrogen and oxygen atoms in total. The molecule has 0 radical (unpaired) electrons. The number of β-lactam (4-membered cyclic amide) rings is 2. The first-order valence-corrected chi connectivity index (χ1v) is 24.7. The predicted molar refractivity (Wildman–Crippen MR) is 242 cm³/mol. The van der Waals surface area contributed by atoms with Gasteiger partial charge in [-0.1, -0.05) is 59.9 Å². The van der Waals surface area contributed by atoms with Gasteiger partial charge in [0, 0.05) is 48.4 Å². The SMILES string of the molecule is COC1(NC(=O)Cc2ccccc2O)C(=O)N2C(C(=O)[O-])=C(CSc3nnnn3CC(=O)O)CS[C@@H]21.COC1(NC(=O)Cc2ccccc2O)C(=O)N2C(C(=O)[O-])=C(CSc3nnnn3CC(=O)O)CS[C@@H]21.[K+].[K+]. The molecule has 4 aromatic rings. The molecule has 0 bridgehead atoms. The minimum absolute atomic E-state index is 0. The number of tetrazole rings is 2. The third-order valence-electron chi connectivity index (χ3n) is 10.9. The van der Waals surface area contributed by atoms with Crippen molar-refractivity contribution >= 4 is 94.6 Å². The minimum atomic E-state index is -1.79. The number of nitrogens with one attached hydrogen (secondary N) is 2. The van der Waals surface area contributed by atoms with Gasteiger partial charge in [0.15, 0.2) is 0 Å². The van der Waals surface area contributed by atoms with E-state index in [1.807, 2.05) is 0 Å². The molecule has 4 aliphatic heterocycles. The van der Waals surface area contributed by atoms with Crippen molar-refractivity contribution in [3.8, 4) is 11.5 Å². The van der Waals surface area contributed by atoms with Crippen molar-refractivity contribution in [3.05, 3.63) is 82.2 Å². The molecule has 2 aromatic carbocycles. The summed E-state index contributed by atoms with van der Waals surface area (Å²) < 4.78 is 12.9. The van der Waals surface area contributed by atoms with Crippen LogP contribution in [0.5, 0.6) is 11.5 Å². The third kappa shape index (κ3) is 12.9. The van der Waals surface area contributed by atoms with Gasteiger partial charge in [0.25, 0.3) is 23.3 Å². The standard InChI is InChI=1S/2C20H20N6O8S2.2K/c2*1-34-20(21-13(28)6-10-4-2-3-5-12(10)27)17(33)26-15(16(31)32)11(8-35-18(20)26)9-36-19-22-23-24-25(19)7-14(29)30;;/h2*2-5,18,27H,6-9H2,1H3,(H,21,28)(H,29,30)(H,31,32);;/q;;2*+1/p-2/t2*18-,20?;;/m11../s1. The van der Waals surface area contributed by atoms with Crippen LogP contribution in [0.2, 0.25) is 0 Å². The zero-order valence-electron chi connectivity index (χ0n) is 39.2. The van der Waals surface area contributed by atoms with E-state index < -0.39 is 82.8 Å². The van der Waals surface area contributed by atoms with Gasteiger partial charge in [0.2, 0.25) is 22.1 Å². The van der Waals surface area contributed by atoms with E-state index in [0.717, 1.165) is 42.7 Å². The molecule has 4 atom stereocenters. The molecule has 74 heavy (non-hydrogen) atoms. The number of hydrogen-bond donors (Lipinski definition) is 6. The Morgan fingerprint density at radius 3 is 1.36 bits per heavy atom. The molecule has 2 aromatic heterocycles. The number of para-hydroxylation sites is 2. The second kappa shape index (κ2) is 26.4. The van der Waals surface area contributed by atoms with E-state index in [2.05, 4.69) is 41.7 Å². The van der Waals surface area contributed by atoms with Crippen LogP contribution in [0, 0.1) is 0 Å². The number of thioether (sulfide) groups is 4. The van der Waals surface area contributed by atoms with Gasteiger partial charge in [-0.05, 0) is 44.1 Å². The van der Waals surface area contributed by atoms with Crippen LogP contribution in [-0.4, -0.2) is 178 Å². The number of benzene rings is 2. The van der Waals surface area contributed by atoms with Crippen molar-refractivity contribution in [1.29, 1.82) is 0 Å². The first-order valence-electron chi connectivity index (χ1n) is 20.6. The summed E-state index contributed by atoms with van der Waals surface area (Å²) in [4.78, 5) is 99.6. The maximum Gasteiger partial charge on any atom is 1.00 e. The van der Waals surface area contributed by atoms with Crippen molar-refractivity contribution in [1.82, 2.24) is 60.8 Å². The van der Waals surface area contributed by atoms with Gasteiger partial charge >= 0.3 is 115 Å². The molecule has 2 fully saturated rings. The van der Waals surface area contributed by atoms with Crippen LogP contribution in [0.1, 0.15) is 11.1 Å². The Labute approximate surface area is 519 Å². The molecule has 6 heterocycles. The van der Waals surface area contributed by atoms with Crippen LogP contribution in [0.4, 0.5) is 0 Å². The Balaban J connectivity index is 0.000000267. The number of ether oxygens (including phenoxy) is 2. The van der Waals surface area contributed by atoms with E-state index in [0.29, 0.717) is 22.3 Å². The zero-order chi connectivity index (χ0) is 52.1. The topological polar surface area (TPSA) is 400 Å². The second-order valence-electron chi connectivity index (χ2n) is 15.3. The average Bonchev–Trinajstić information content (AvgIpc) is 3.99. The van der Waals surface area contributed by atoms with Gasteiger partial charge in [0.1, 0.15) is 35.3 Å². The summed E-state index contributed by atoms with van der Waals surface area (Å²) in [7, 11) is 2.46. The summed E-state index contributed by atoms with van der Waals surface area (Å²) in [5, 5.41) is 86.9. The molecule has 0 spiro atoms. The number of aliphatic carboxylic acids is 4. The number of hydrogen-bond acceptors (Lipinski definition) is 24. The van der Waals surface area contributed by atoms with Crippen molar-refractivity contribution in [2.24, 2.45) is 0 Å². The number of rotatable bonds is 20. The van der Waals surface area contributed by atoms with Crippen LogP contribution < -0.4 is 124 Å². The Morgan fingerprint density at radius 1 is 0.676 bits per heavy atom. The number of aromatic hydroxyl groups is 2. The van der Waals surface area contributed by atoms with Crippen LogP contribution >= 0.6 is 47.0 Å². The van der Waals surface area contributed by atoms with Gasteiger partial charge in [-0.15, -0.1) is 33.7 Å². The molecular formula is C40H38K2N12O16S4. The first-order chi connectivity index (χ1) is 34.3. The molecule has 380 valence electrons. The quantitative estimate of drug-likeness (QED) is 0.0207. The molecule has 0 aliphatic carbocycles. The minimum Gasteiger partial charge on any atom is -0.543 e. The maximum atomic E-state index is 13.2. The van der Waals surface area contributed by atoms with Gasteiger partial charge < -0.3 is 60.3 Å². The predicted octanol–water partition coefficient (Wildman–Crippen LogP) is -9.64.